The minimum Gasteiger partial charge on any atom is -0.496 e. The Labute approximate surface area is 165 Å². The summed E-state index contributed by atoms with van der Waals surface area (Å²) >= 11 is 16.5. The average Bonchev–Trinajstić information content (AvgIpc) is 2.99. The lowest BCUT2D eigenvalue weighted by atomic mass is 9.99. The number of hydrogen-bond donors (Lipinski definition) is 2. The lowest BCUT2D eigenvalue weighted by Gasteiger charge is -2.11. The molecule has 2 aromatic carbocycles. The lowest BCUT2D eigenvalue weighted by Crippen LogP contribution is -1.99. The molecule has 132 valence electrons. The number of H-pyrrole nitrogens is 1. The van der Waals surface area contributed by atoms with Crippen LogP contribution in [-0.2, 0) is 6.42 Å². The Morgan fingerprint density at radius 1 is 1.12 bits per heavy atom. The molecule has 0 atom stereocenters. The smallest absolute Gasteiger partial charge is 0.128 e. The van der Waals surface area contributed by atoms with Gasteiger partial charge in [0.25, 0.3) is 0 Å². The van der Waals surface area contributed by atoms with E-state index in [0.717, 1.165) is 57.2 Å². The van der Waals surface area contributed by atoms with Crippen molar-refractivity contribution in [2.75, 3.05) is 13.7 Å². The first-order valence-corrected chi connectivity index (χ1v) is 9.64. The van der Waals surface area contributed by atoms with Crippen molar-refractivity contribution in [3.05, 3.63) is 50.4 Å². The molecule has 0 aliphatic heterocycles. The Morgan fingerprint density at radius 2 is 1.88 bits per heavy atom. The molecule has 3 aromatic rings. The molecule has 0 saturated heterocycles. The van der Waals surface area contributed by atoms with Crippen LogP contribution in [0.2, 0.25) is 10.0 Å². The van der Waals surface area contributed by atoms with Gasteiger partial charge in [-0.2, -0.15) is 0 Å². The van der Waals surface area contributed by atoms with Crippen LogP contribution in [0.5, 0.6) is 5.75 Å². The molecule has 6 heteroatoms. The van der Waals surface area contributed by atoms with Gasteiger partial charge in [0.1, 0.15) is 5.75 Å². The minimum absolute atomic E-state index is 0.652. The Bertz CT molecular complexity index is 908. The number of methoxy groups -OCH3 is 1. The molecule has 0 radical (unpaired) electrons. The number of unbranched alkanes of at least 4 members (excludes halogenated alkanes) is 1. The first-order chi connectivity index (χ1) is 12.1. The van der Waals surface area contributed by atoms with Gasteiger partial charge in [-0.1, -0.05) is 39.1 Å². The number of hydrogen-bond acceptors (Lipinski definition) is 2. The molecular formula is C19H19BrCl2N2O. The van der Waals surface area contributed by atoms with Crippen molar-refractivity contribution in [2.24, 2.45) is 5.73 Å². The van der Waals surface area contributed by atoms with E-state index in [0.29, 0.717) is 16.6 Å². The average molecular weight is 442 g/mol. The largest absolute Gasteiger partial charge is 0.496 e. The molecule has 1 aromatic heterocycles. The molecule has 0 saturated carbocycles. The van der Waals surface area contributed by atoms with Crippen LogP contribution in [0.3, 0.4) is 0 Å². The molecule has 3 nitrogen and oxygen atoms in total. The van der Waals surface area contributed by atoms with Gasteiger partial charge in [-0.3, -0.25) is 0 Å². The van der Waals surface area contributed by atoms with E-state index in [2.05, 4.69) is 20.9 Å². The molecule has 0 aliphatic carbocycles. The molecular weight excluding hydrogens is 423 g/mol. The van der Waals surface area contributed by atoms with Gasteiger partial charge in [0, 0.05) is 15.4 Å². The van der Waals surface area contributed by atoms with Crippen LogP contribution in [-0.4, -0.2) is 18.6 Å². The molecule has 1 heterocycles. The standard InChI is InChI=1S/C19H19BrCl2N2O/c1-25-16-8-5-11(20)10-13(16)18-12(4-2-3-9-23)17-14(21)6-7-15(22)19(17)24-18/h5-8,10,24H,2-4,9,23H2,1H3. The second kappa shape index (κ2) is 8.00. The zero-order valence-corrected chi connectivity index (χ0v) is 16.9. The topological polar surface area (TPSA) is 51.0 Å². The number of fused-ring (bicyclic) bond motifs is 1. The maximum absolute atomic E-state index is 6.51. The van der Waals surface area contributed by atoms with Crippen molar-refractivity contribution in [2.45, 2.75) is 19.3 Å². The summed E-state index contributed by atoms with van der Waals surface area (Å²) in [4.78, 5) is 3.47. The van der Waals surface area contributed by atoms with Crippen LogP contribution in [0.1, 0.15) is 18.4 Å². The Balaban J connectivity index is 2.27. The number of halogens is 3. The number of benzene rings is 2. The third kappa shape index (κ3) is 3.68. The van der Waals surface area contributed by atoms with Crippen molar-refractivity contribution in [1.82, 2.24) is 4.98 Å². The van der Waals surface area contributed by atoms with E-state index < -0.39 is 0 Å². The fourth-order valence-corrected chi connectivity index (χ4v) is 3.93. The first-order valence-electron chi connectivity index (χ1n) is 8.09. The minimum atomic E-state index is 0.652. The van der Waals surface area contributed by atoms with E-state index in [1.807, 2.05) is 30.3 Å². The predicted molar refractivity (Wildman–Crippen MR) is 110 cm³/mol. The summed E-state index contributed by atoms with van der Waals surface area (Å²) in [6.45, 7) is 0.673. The summed E-state index contributed by atoms with van der Waals surface area (Å²) in [5, 5.41) is 2.32. The third-order valence-corrected chi connectivity index (χ3v) is 5.39. The molecule has 25 heavy (non-hydrogen) atoms. The van der Waals surface area contributed by atoms with Crippen molar-refractivity contribution in [1.29, 1.82) is 0 Å². The summed E-state index contributed by atoms with van der Waals surface area (Å²) < 4.78 is 6.54. The van der Waals surface area contributed by atoms with Crippen LogP contribution in [0.25, 0.3) is 22.2 Å². The van der Waals surface area contributed by atoms with Crippen molar-refractivity contribution in [3.8, 4) is 17.0 Å². The number of aryl methyl sites for hydroxylation is 1. The quantitative estimate of drug-likeness (QED) is 0.447. The maximum atomic E-state index is 6.51. The SMILES string of the molecule is COc1ccc(Br)cc1-c1[nH]c2c(Cl)ccc(Cl)c2c1CCCCN. The maximum Gasteiger partial charge on any atom is 0.128 e. The Kier molecular flexibility index (Phi) is 5.95. The van der Waals surface area contributed by atoms with Gasteiger partial charge in [0.2, 0.25) is 0 Å². The van der Waals surface area contributed by atoms with E-state index in [4.69, 9.17) is 33.7 Å². The molecule has 0 unspecified atom stereocenters. The second-order valence-corrected chi connectivity index (χ2v) is 7.58. The highest BCUT2D eigenvalue weighted by atomic mass is 79.9. The summed E-state index contributed by atoms with van der Waals surface area (Å²) in [7, 11) is 1.67. The first kappa shape index (κ1) is 18.6. The highest BCUT2D eigenvalue weighted by Gasteiger charge is 2.20. The number of ether oxygens (including phenoxy) is 1. The van der Waals surface area contributed by atoms with Gasteiger partial charge < -0.3 is 15.5 Å². The molecule has 0 bridgehead atoms. The second-order valence-electron chi connectivity index (χ2n) is 5.85. The summed E-state index contributed by atoms with van der Waals surface area (Å²) in [5.74, 6) is 0.794. The highest BCUT2D eigenvalue weighted by molar-refractivity contribution is 9.10. The zero-order valence-electron chi connectivity index (χ0n) is 13.8. The van der Waals surface area contributed by atoms with Crippen LogP contribution < -0.4 is 10.5 Å². The normalized spacial score (nSPS) is 11.2. The van der Waals surface area contributed by atoms with Gasteiger partial charge in [-0.25, -0.2) is 0 Å². The molecule has 0 fully saturated rings. The molecule has 0 amide bonds. The van der Waals surface area contributed by atoms with E-state index in [-0.39, 0.29) is 0 Å². The number of rotatable bonds is 6. The fourth-order valence-electron chi connectivity index (χ4n) is 3.10. The van der Waals surface area contributed by atoms with E-state index in [1.165, 1.54) is 0 Å². The Morgan fingerprint density at radius 3 is 2.60 bits per heavy atom. The van der Waals surface area contributed by atoms with Gasteiger partial charge in [0.05, 0.1) is 28.4 Å². The molecule has 3 N–H and O–H groups in total. The van der Waals surface area contributed by atoms with Gasteiger partial charge in [0.15, 0.2) is 0 Å². The summed E-state index contributed by atoms with van der Waals surface area (Å²) in [5.41, 5.74) is 9.63. The monoisotopic (exact) mass is 440 g/mol. The van der Waals surface area contributed by atoms with Crippen LogP contribution in [0.4, 0.5) is 0 Å². The molecule has 3 rings (SSSR count). The number of aromatic nitrogens is 1. The predicted octanol–water partition coefficient (Wildman–Crippen LogP) is 6.19. The number of nitrogens with two attached hydrogens (primary N) is 1. The number of aromatic amines is 1. The van der Waals surface area contributed by atoms with Crippen LogP contribution in [0, 0.1) is 0 Å². The van der Waals surface area contributed by atoms with Gasteiger partial charge >= 0.3 is 0 Å². The van der Waals surface area contributed by atoms with E-state index in [1.54, 1.807) is 7.11 Å². The van der Waals surface area contributed by atoms with Gasteiger partial charge in [-0.05, 0) is 61.7 Å². The number of nitrogens with one attached hydrogen (secondary N) is 1. The van der Waals surface area contributed by atoms with Gasteiger partial charge in [-0.15, -0.1) is 0 Å². The van der Waals surface area contributed by atoms with Crippen molar-refractivity contribution in [3.63, 3.8) is 0 Å². The Hall–Kier alpha value is -1.20. The van der Waals surface area contributed by atoms with Crippen LogP contribution in [0.15, 0.2) is 34.8 Å². The van der Waals surface area contributed by atoms with E-state index in [9.17, 15) is 0 Å². The third-order valence-electron chi connectivity index (χ3n) is 4.27. The molecule has 0 spiro atoms. The lowest BCUT2D eigenvalue weighted by molar-refractivity contribution is 0.416. The van der Waals surface area contributed by atoms with Crippen molar-refractivity contribution < 1.29 is 4.74 Å². The zero-order chi connectivity index (χ0) is 18.0. The summed E-state index contributed by atoms with van der Waals surface area (Å²) in [6, 6.07) is 9.59. The van der Waals surface area contributed by atoms with Crippen molar-refractivity contribution >= 4 is 50.0 Å². The molecule has 0 aliphatic rings. The fraction of sp³-hybridized carbons (Fsp3) is 0.263. The highest BCUT2D eigenvalue weighted by Crippen LogP contribution is 2.42. The van der Waals surface area contributed by atoms with E-state index >= 15 is 0 Å². The summed E-state index contributed by atoms with van der Waals surface area (Å²) in [6.07, 6.45) is 2.80. The van der Waals surface area contributed by atoms with Crippen LogP contribution >= 0.6 is 39.1 Å².